The van der Waals surface area contributed by atoms with Crippen LogP contribution < -0.4 is 14.8 Å². The number of rotatable bonds is 5. The van der Waals surface area contributed by atoms with Gasteiger partial charge in [0.25, 0.3) is 0 Å². The van der Waals surface area contributed by atoms with Gasteiger partial charge in [-0.3, -0.25) is 4.79 Å². The first-order valence-corrected chi connectivity index (χ1v) is 7.76. The summed E-state index contributed by atoms with van der Waals surface area (Å²) in [5, 5.41) is 3.08. The molecule has 0 spiro atoms. The smallest absolute Gasteiger partial charge is 0.220 e. The van der Waals surface area contributed by atoms with Gasteiger partial charge in [-0.2, -0.15) is 0 Å². The van der Waals surface area contributed by atoms with Crippen molar-refractivity contribution in [2.45, 2.75) is 38.5 Å². The summed E-state index contributed by atoms with van der Waals surface area (Å²) in [6.45, 7) is 6.07. The summed E-state index contributed by atoms with van der Waals surface area (Å²) >= 11 is 0. The van der Waals surface area contributed by atoms with Crippen molar-refractivity contribution in [3.8, 4) is 11.5 Å². The molecule has 114 valence electrons. The van der Waals surface area contributed by atoms with Crippen LogP contribution in [-0.4, -0.2) is 25.7 Å². The predicted octanol–water partition coefficient (Wildman–Crippen LogP) is 2.65. The van der Waals surface area contributed by atoms with Crippen molar-refractivity contribution in [2.24, 2.45) is 5.92 Å². The van der Waals surface area contributed by atoms with Crippen LogP contribution in [0, 0.1) is 5.92 Å². The molecule has 0 radical (unpaired) electrons. The zero-order valence-corrected chi connectivity index (χ0v) is 12.8. The van der Waals surface area contributed by atoms with E-state index in [4.69, 9.17) is 9.47 Å². The summed E-state index contributed by atoms with van der Waals surface area (Å²) in [5.41, 5.74) is 1.35. The first kappa shape index (κ1) is 14.2. The van der Waals surface area contributed by atoms with E-state index in [9.17, 15) is 4.79 Å². The van der Waals surface area contributed by atoms with Gasteiger partial charge in [-0.25, -0.2) is 0 Å². The summed E-state index contributed by atoms with van der Waals surface area (Å²) in [5.74, 6) is 2.20. The molecule has 1 amide bonds. The van der Waals surface area contributed by atoms with E-state index >= 15 is 0 Å². The highest BCUT2D eigenvalue weighted by Crippen LogP contribution is 2.49. The fraction of sp³-hybridized carbons (Fsp3) is 0.588. The fourth-order valence-electron chi connectivity index (χ4n) is 2.80. The van der Waals surface area contributed by atoms with Gasteiger partial charge in [0.15, 0.2) is 11.5 Å². The van der Waals surface area contributed by atoms with E-state index in [-0.39, 0.29) is 11.3 Å². The Balaban J connectivity index is 1.67. The number of hydrogen-bond acceptors (Lipinski definition) is 3. The highest BCUT2D eigenvalue weighted by atomic mass is 16.6. The molecule has 1 aliphatic heterocycles. The Labute approximate surface area is 125 Å². The third-order valence-electron chi connectivity index (χ3n) is 4.23. The van der Waals surface area contributed by atoms with Gasteiger partial charge in [-0.15, -0.1) is 0 Å². The molecule has 1 heterocycles. The minimum absolute atomic E-state index is 0.0997. The molecular weight excluding hydrogens is 266 g/mol. The summed E-state index contributed by atoms with van der Waals surface area (Å²) in [6.07, 6.45) is 2.83. The average molecular weight is 289 g/mol. The second kappa shape index (κ2) is 5.58. The first-order valence-electron chi connectivity index (χ1n) is 7.76. The van der Waals surface area contributed by atoms with Crippen molar-refractivity contribution in [3.05, 3.63) is 23.8 Å². The number of nitrogens with one attached hydrogen (secondary N) is 1. The van der Waals surface area contributed by atoms with Crippen molar-refractivity contribution >= 4 is 5.91 Å². The molecule has 1 N–H and O–H groups in total. The van der Waals surface area contributed by atoms with Gasteiger partial charge in [0.2, 0.25) is 5.91 Å². The topological polar surface area (TPSA) is 47.6 Å². The van der Waals surface area contributed by atoms with Gasteiger partial charge < -0.3 is 14.8 Å². The van der Waals surface area contributed by atoms with E-state index in [1.165, 1.54) is 5.56 Å². The van der Waals surface area contributed by atoms with Crippen LogP contribution in [0.25, 0.3) is 0 Å². The van der Waals surface area contributed by atoms with Crippen LogP contribution in [0.5, 0.6) is 11.5 Å². The van der Waals surface area contributed by atoms with Crippen molar-refractivity contribution in [1.29, 1.82) is 0 Å². The van der Waals surface area contributed by atoms with E-state index in [1.807, 2.05) is 6.07 Å². The molecule has 0 bridgehead atoms. The van der Waals surface area contributed by atoms with Crippen molar-refractivity contribution in [1.82, 2.24) is 5.32 Å². The van der Waals surface area contributed by atoms with Crippen LogP contribution in [0.15, 0.2) is 18.2 Å². The summed E-state index contributed by atoms with van der Waals surface area (Å²) in [4.78, 5) is 11.8. The molecule has 0 unspecified atom stereocenters. The Hall–Kier alpha value is -1.71. The standard InChI is InChI=1S/C17H23NO3/c1-12(2)9-16(19)18-11-17(5-6-17)13-3-4-14-15(10-13)21-8-7-20-14/h3-4,10,12H,5-9,11H2,1-2H3,(H,18,19). The van der Waals surface area contributed by atoms with Crippen molar-refractivity contribution < 1.29 is 14.3 Å². The lowest BCUT2D eigenvalue weighted by molar-refractivity contribution is -0.121. The monoisotopic (exact) mass is 289 g/mol. The van der Waals surface area contributed by atoms with Crippen molar-refractivity contribution in [3.63, 3.8) is 0 Å². The highest BCUT2D eigenvalue weighted by Gasteiger charge is 2.44. The van der Waals surface area contributed by atoms with Crippen molar-refractivity contribution in [2.75, 3.05) is 19.8 Å². The highest BCUT2D eigenvalue weighted by molar-refractivity contribution is 5.76. The number of benzene rings is 1. The number of hydrogen-bond donors (Lipinski definition) is 1. The van der Waals surface area contributed by atoms with E-state index in [1.54, 1.807) is 0 Å². The van der Waals surface area contributed by atoms with Gasteiger partial charge in [-0.1, -0.05) is 19.9 Å². The molecule has 0 atom stereocenters. The fourth-order valence-corrected chi connectivity index (χ4v) is 2.80. The number of carbonyl (C=O) groups is 1. The SMILES string of the molecule is CC(C)CC(=O)NCC1(c2ccc3c(c2)OCCO3)CC1. The van der Waals surface area contributed by atoms with Crippen LogP contribution in [0.2, 0.25) is 0 Å². The van der Waals surface area contributed by atoms with Gasteiger partial charge in [-0.05, 0) is 36.5 Å². The summed E-state index contributed by atoms with van der Waals surface area (Å²) < 4.78 is 11.2. The maximum atomic E-state index is 11.8. The Bertz CT molecular complexity index is 535. The molecule has 4 nitrogen and oxygen atoms in total. The normalized spacial score (nSPS) is 18.4. The molecule has 3 rings (SSSR count). The van der Waals surface area contributed by atoms with E-state index in [0.29, 0.717) is 25.6 Å². The molecule has 0 aromatic heterocycles. The largest absolute Gasteiger partial charge is 0.486 e. The Morgan fingerprint density at radius 2 is 1.95 bits per heavy atom. The van der Waals surface area contributed by atoms with E-state index < -0.39 is 0 Å². The van der Waals surface area contributed by atoms with Crippen LogP contribution in [0.1, 0.15) is 38.7 Å². The number of ether oxygens (including phenoxy) is 2. The molecule has 2 aliphatic rings. The molecule has 0 saturated heterocycles. The Morgan fingerprint density at radius 1 is 1.24 bits per heavy atom. The third-order valence-corrected chi connectivity index (χ3v) is 4.23. The molecule has 1 aliphatic carbocycles. The van der Waals surface area contributed by atoms with Crippen LogP contribution >= 0.6 is 0 Å². The lowest BCUT2D eigenvalue weighted by Gasteiger charge is -2.22. The molecule has 1 aromatic rings. The molecule has 4 heteroatoms. The quantitative estimate of drug-likeness (QED) is 0.906. The zero-order chi connectivity index (χ0) is 14.9. The Kier molecular flexibility index (Phi) is 3.79. The van der Waals surface area contributed by atoms with E-state index in [0.717, 1.165) is 30.9 Å². The van der Waals surface area contributed by atoms with Gasteiger partial charge in [0, 0.05) is 18.4 Å². The van der Waals surface area contributed by atoms with Gasteiger partial charge in [0.05, 0.1) is 0 Å². The molecule has 21 heavy (non-hydrogen) atoms. The second-order valence-corrected chi connectivity index (χ2v) is 6.51. The van der Waals surface area contributed by atoms with Gasteiger partial charge in [0.1, 0.15) is 13.2 Å². The zero-order valence-electron chi connectivity index (χ0n) is 12.8. The number of amides is 1. The molecule has 1 fully saturated rings. The summed E-state index contributed by atoms with van der Waals surface area (Å²) in [7, 11) is 0. The predicted molar refractivity (Wildman–Crippen MR) is 80.8 cm³/mol. The third kappa shape index (κ3) is 3.14. The van der Waals surface area contributed by atoms with Crippen LogP contribution in [-0.2, 0) is 10.2 Å². The van der Waals surface area contributed by atoms with Crippen LogP contribution in [0.3, 0.4) is 0 Å². The average Bonchev–Trinajstić information content (AvgIpc) is 3.25. The first-order chi connectivity index (χ1) is 10.1. The maximum absolute atomic E-state index is 11.8. The minimum atomic E-state index is 0.0997. The Morgan fingerprint density at radius 3 is 2.62 bits per heavy atom. The van der Waals surface area contributed by atoms with Crippen LogP contribution in [0.4, 0.5) is 0 Å². The molecule has 1 saturated carbocycles. The number of carbonyl (C=O) groups excluding carboxylic acids is 1. The number of fused-ring (bicyclic) bond motifs is 1. The molecule has 1 aromatic carbocycles. The summed E-state index contributed by atoms with van der Waals surface area (Å²) in [6, 6.07) is 6.17. The van der Waals surface area contributed by atoms with Gasteiger partial charge >= 0.3 is 0 Å². The maximum Gasteiger partial charge on any atom is 0.220 e. The minimum Gasteiger partial charge on any atom is -0.486 e. The molecular formula is C17H23NO3. The lowest BCUT2D eigenvalue weighted by Crippen LogP contribution is -2.32. The lowest BCUT2D eigenvalue weighted by atomic mass is 9.95. The second-order valence-electron chi connectivity index (χ2n) is 6.51. The van der Waals surface area contributed by atoms with E-state index in [2.05, 4.69) is 31.3 Å².